The molecular weight excluding hydrogens is 276 g/mol. The molecule has 1 aromatic carbocycles. The Morgan fingerprint density at radius 3 is 2.90 bits per heavy atom. The van der Waals surface area contributed by atoms with Gasteiger partial charge in [0.15, 0.2) is 11.6 Å². The molecule has 2 N–H and O–H groups in total. The lowest BCUT2D eigenvalue weighted by molar-refractivity contribution is -0.385. The highest BCUT2D eigenvalue weighted by molar-refractivity contribution is 5.62. The molecule has 8 heteroatoms. The fraction of sp³-hybridized carbons (Fsp3) is 0.385. The maximum atomic E-state index is 11.0. The van der Waals surface area contributed by atoms with Crippen LogP contribution in [0.3, 0.4) is 0 Å². The summed E-state index contributed by atoms with van der Waals surface area (Å²) < 4.78 is 10.1. The summed E-state index contributed by atoms with van der Waals surface area (Å²) in [5.74, 6) is 0.763. The summed E-state index contributed by atoms with van der Waals surface area (Å²) in [5, 5.41) is 14.8. The van der Waals surface area contributed by atoms with Gasteiger partial charge in [-0.05, 0) is 18.6 Å². The third kappa shape index (κ3) is 3.16. The first-order valence-electron chi connectivity index (χ1n) is 6.48. The minimum atomic E-state index is -0.525. The van der Waals surface area contributed by atoms with Crippen molar-refractivity contribution in [2.45, 2.75) is 25.8 Å². The van der Waals surface area contributed by atoms with E-state index in [-0.39, 0.29) is 23.4 Å². The Balaban J connectivity index is 2.34. The summed E-state index contributed by atoms with van der Waals surface area (Å²) in [4.78, 5) is 14.7. The maximum absolute atomic E-state index is 11.0. The van der Waals surface area contributed by atoms with Crippen LogP contribution in [-0.2, 0) is 0 Å². The van der Waals surface area contributed by atoms with Crippen molar-refractivity contribution in [1.29, 1.82) is 0 Å². The number of methoxy groups -OCH3 is 1. The van der Waals surface area contributed by atoms with Gasteiger partial charge in [0.05, 0.1) is 18.1 Å². The number of rotatable bonds is 6. The van der Waals surface area contributed by atoms with E-state index in [0.717, 1.165) is 12.8 Å². The van der Waals surface area contributed by atoms with Gasteiger partial charge in [-0.25, -0.2) is 0 Å². The van der Waals surface area contributed by atoms with Crippen LogP contribution in [-0.4, -0.2) is 22.2 Å². The molecule has 0 aliphatic heterocycles. The molecular formula is C13H16N4O4. The molecule has 1 unspecified atom stereocenters. The zero-order valence-corrected chi connectivity index (χ0v) is 11.8. The largest absolute Gasteiger partial charge is 0.490 e. The molecule has 0 saturated heterocycles. The molecule has 0 spiro atoms. The van der Waals surface area contributed by atoms with Gasteiger partial charge in [-0.1, -0.05) is 18.5 Å². The van der Waals surface area contributed by atoms with Crippen LogP contribution in [0, 0.1) is 10.1 Å². The summed E-state index contributed by atoms with van der Waals surface area (Å²) in [7, 11) is 1.37. The lowest BCUT2D eigenvalue weighted by atomic mass is 10.1. The zero-order chi connectivity index (χ0) is 15.4. The van der Waals surface area contributed by atoms with Crippen LogP contribution in [0.4, 0.5) is 5.69 Å². The van der Waals surface area contributed by atoms with Crippen LogP contribution in [0.1, 0.15) is 31.6 Å². The molecule has 112 valence electrons. The summed E-state index contributed by atoms with van der Waals surface area (Å²) >= 11 is 0. The van der Waals surface area contributed by atoms with Gasteiger partial charge in [0, 0.05) is 11.6 Å². The smallest absolute Gasteiger partial charge is 0.311 e. The molecule has 0 radical (unpaired) electrons. The molecule has 0 amide bonds. The number of hydrogen-bond donors (Lipinski definition) is 1. The topological polar surface area (TPSA) is 117 Å². The molecule has 2 aromatic rings. The van der Waals surface area contributed by atoms with Crippen LogP contribution in [0.2, 0.25) is 0 Å². The zero-order valence-electron chi connectivity index (χ0n) is 11.8. The molecule has 2 rings (SSSR count). The summed E-state index contributed by atoms with van der Waals surface area (Å²) in [6.45, 7) is 2.01. The van der Waals surface area contributed by atoms with E-state index >= 15 is 0 Å². The Labute approximate surface area is 121 Å². The summed E-state index contributed by atoms with van der Waals surface area (Å²) in [6.07, 6.45) is 1.64. The van der Waals surface area contributed by atoms with E-state index in [4.69, 9.17) is 15.0 Å². The first-order valence-corrected chi connectivity index (χ1v) is 6.48. The van der Waals surface area contributed by atoms with Crippen LogP contribution in [0.5, 0.6) is 5.75 Å². The second-order valence-corrected chi connectivity index (χ2v) is 4.50. The number of aromatic nitrogens is 2. The van der Waals surface area contributed by atoms with Gasteiger partial charge in [0.2, 0.25) is 0 Å². The van der Waals surface area contributed by atoms with Crippen molar-refractivity contribution in [3.05, 3.63) is 34.1 Å². The first kappa shape index (κ1) is 14.9. The Bertz CT molecular complexity index is 641. The molecule has 8 nitrogen and oxygen atoms in total. The van der Waals surface area contributed by atoms with Gasteiger partial charge in [0.1, 0.15) is 0 Å². The molecule has 1 heterocycles. The Kier molecular flexibility index (Phi) is 4.49. The van der Waals surface area contributed by atoms with E-state index in [1.165, 1.54) is 19.2 Å². The monoisotopic (exact) mass is 292 g/mol. The van der Waals surface area contributed by atoms with Gasteiger partial charge in [-0.15, -0.1) is 0 Å². The molecule has 0 aliphatic carbocycles. The van der Waals surface area contributed by atoms with Gasteiger partial charge in [-0.2, -0.15) is 4.98 Å². The Hall–Kier alpha value is -2.48. The fourth-order valence-corrected chi connectivity index (χ4v) is 1.91. The first-order chi connectivity index (χ1) is 10.1. The maximum Gasteiger partial charge on any atom is 0.311 e. The average molecular weight is 292 g/mol. The molecule has 0 bridgehead atoms. The van der Waals surface area contributed by atoms with Gasteiger partial charge < -0.3 is 15.0 Å². The standard InChI is InChI=1S/C13H16N4O4/c1-3-4-9(14)12-15-13(21-16-12)8-5-6-11(20-2)10(7-8)17(18)19/h5-7,9H,3-4,14H2,1-2H3. The van der Waals surface area contributed by atoms with E-state index < -0.39 is 4.92 Å². The molecule has 1 aromatic heterocycles. The van der Waals surface area contributed by atoms with Crippen LogP contribution < -0.4 is 10.5 Å². The van der Waals surface area contributed by atoms with E-state index in [0.29, 0.717) is 11.4 Å². The number of hydrogen-bond acceptors (Lipinski definition) is 7. The van der Waals surface area contributed by atoms with Gasteiger partial charge in [-0.3, -0.25) is 10.1 Å². The SMILES string of the molecule is CCCC(N)c1noc(-c2ccc(OC)c([N+](=O)[O-])c2)n1. The fourth-order valence-electron chi connectivity index (χ4n) is 1.91. The molecule has 0 aliphatic rings. The predicted octanol–water partition coefficient (Wildman–Crippen LogP) is 2.45. The Morgan fingerprint density at radius 2 is 2.29 bits per heavy atom. The summed E-state index contributed by atoms with van der Waals surface area (Å²) in [6, 6.07) is 4.14. The van der Waals surface area contributed by atoms with Crippen molar-refractivity contribution in [3.63, 3.8) is 0 Å². The molecule has 0 saturated carbocycles. The third-order valence-corrected chi connectivity index (χ3v) is 3.00. The average Bonchev–Trinajstić information content (AvgIpc) is 2.96. The highest BCUT2D eigenvalue weighted by atomic mass is 16.6. The minimum Gasteiger partial charge on any atom is -0.490 e. The van der Waals surface area contributed by atoms with Crippen molar-refractivity contribution in [2.75, 3.05) is 7.11 Å². The van der Waals surface area contributed by atoms with Crippen molar-refractivity contribution in [2.24, 2.45) is 5.73 Å². The van der Waals surface area contributed by atoms with Crippen molar-refractivity contribution < 1.29 is 14.2 Å². The van der Waals surface area contributed by atoms with Crippen molar-refractivity contribution in [3.8, 4) is 17.2 Å². The number of nitrogens with zero attached hydrogens (tertiary/aromatic N) is 3. The lowest BCUT2D eigenvalue weighted by Crippen LogP contribution is -2.11. The number of ether oxygens (including phenoxy) is 1. The second kappa shape index (κ2) is 6.31. The van der Waals surface area contributed by atoms with Crippen molar-refractivity contribution in [1.82, 2.24) is 10.1 Å². The third-order valence-electron chi connectivity index (χ3n) is 3.00. The van der Waals surface area contributed by atoms with Gasteiger partial charge in [0.25, 0.3) is 5.89 Å². The lowest BCUT2D eigenvalue weighted by Gasteiger charge is -2.03. The van der Waals surface area contributed by atoms with E-state index in [9.17, 15) is 10.1 Å². The number of nitro benzene ring substituents is 1. The number of benzene rings is 1. The summed E-state index contributed by atoms with van der Waals surface area (Å²) in [5.41, 5.74) is 6.20. The number of nitrogens with two attached hydrogens (primary N) is 1. The normalized spacial score (nSPS) is 12.1. The predicted molar refractivity (Wildman–Crippen MR) is 74.8 cm³/mol. The van der Waals surface area contributed by atoms with Crippen molar-refractivity contribution >= 4 is 5.69 Å². The van der Waals surface area contributed by atoms with Crippen LogP contribution in [0.15, 0.2) is 22.7 Å². The minimum absolute atomic E-state index is 0.160. The Morgan fingerprint density at radius 1 is 1.52 bits per heavy atom. The van der Waals surface area contributed by atoms with E-state index in [2.05, 4.69) is 10.1 Å². The molecule has 0 fully saturated rings. The highest BCUT2D eigenvalue weighted by Crippen LogP contribution is 2.31. The van der Waals surface area contributed by atoms with Crippen LogP contribution in [0.25, 0.3) is 11.5 Å². The molecule has 21 heavy (non-hydrogen) atoms. The molecule has 1 atom stereocenters. The number of nitro groups is 1. The van der Waals surface area contributed by atoms with E-state index in [1.807, 2.05) is 6.92 Å². The second-order valence-electron chi connectivity index (χ2n) is 4.50. The van der Waals surface area contributed by atoms with Gasteiger partial charge >= 0.3 is 5.69 Å². The van der Waals surface area contributed by atoms with E-state index in [1.54, 1.807) is 6.07 Å². The van der Waals surface area contributed by atoms with Crippen LogP contribution >= 0.6 is 0 Å². The highest BCUT2D eigenvalue weighted by Gasteiger charge is 2.20. The quantitative estimate of drug-likeness (QED) is 0.641.